The maximum atomic E-state index is 13.8. The van der Waals surface area contributed by atoms with Crippen molar-refractivity contribution in [2.24, 2.45) is 0 Å². The summed E-state index contributed by atoms with van der Waals surface area (Å²) < 4.78 is 27.5. The lowest BCUT2D eigenvalue weighted by atomic mass is 10.0. The molecule has 0 aliphatic carbocycles. The Morgan fingerprint density at radius 2 is 1.78 bits per heavy atom. The largest absolute Gasteiger partial charge is 0.390 e. The maximum Gasteiger partial charge on any atom is 0.246 e. The Bertz CT molecular complexity index is 1110. The molecule has 8 nitrogen and oxygen atoms in total. The Morgan fingerprint density at radius 1 is 1.11 bits per heavy atom. The summed E-state index contributed by atoms with van der Waals surface area (Å²) in [6.45, 7) is 3.62. The SMILES string of the molecule is CCc1cccc(CNC[C@@H](O)[C@H](Cc2cc(F)cc(F)c2)NC(=O)CN2CC(=O)N(C)[C@H](C)C2=O)c1. The van der Waals surface area contributed by atoms with E-state index in [0.29, 0.717) is 6.54 Å². The smallest absolute Gasteiger partial charge is 0.246 e. The summed E-state index contributed by atoms with van der Waals surface area (Å²) >= 11 is 0. The van der Waals surface area contributed by atoms with Crippen LogP contribution in [0.4, 0.5) is 8.78 Å². The highest BCUT2D eigenvalue weighted by molar-refractivity contribution is 5.96. The van der Waals surface area contributed by atoms with Crippen molar-refractivity contribution in [2.75, 3.05) is 26.7 Å². The summed E-state index contributed by atoms with van der Waals surface area (Å²) in [4.78, 5) is 40.0. The molecular weight excluding hydrogens is 482 g/mol. The van der Waals surface area contributed by atoms with Crippen LogP contribution in [-0.2, 0) is 33.8 Å². The van der Waals surface area contributed by atoms with Crippen LogP contribution < -0.4 is 10.6 Å². The van der Waals surface area contributed by atoms with E-state index in [1.165, 1.54) is 17.5 Å². The van der Waals surface area contributed by atoms with Crippen LogP contribution in [0.2, 0.25) is 0 Å². The van der Waals surface area contributed by atoms with Gasteiger partial charge in [-0.1, -0.05) is 31.2 Å². The maximum absolute atomic E-state index is 13.8. The fraction of sp³-hybridized carbons (Fsp3) is 0.444. The van der Waals surface area contributed by atoms with Gasteiger partial charge in [0.2, 0.25) is 17.7 Å². The fourth-order valence-corrected chi connectivity index (χ4v) is 4.29. The van der Waals surface area contributed by atoms with Crippen molar-refractivity contribution >= 4 is 17.7 Å². The van der Waals surface area contributed by atoms with E-state index in [1.807, 2.05) is 18.2 Å². The highest BCUT2D eigenvalue weighted by Gasteiger charge is 2.35. The number of carbonyl (C=O) groups is 3. The second kappa shape index (κ2) is 12.7. The number of nitrogens with zero attached hydrogens (tertiary/aromatic N) is 2. The lowest BCUT2D eigenvalue weighted by Crippen LogP contribution is -2.60. The number of aryl methyl sites for hydroxylation is 1. The number of carbonyl (C=O) groups excluding carboxylic acids is 3. The van der Waals surface area contributed by atoms with Gasteiger partial charge in [0.25, 0.3) is 0 Å². The molecular formula is C27H34F2N4O4. The predicted octanol–water partition coefficient (Wildman–Crippen LogP) is 1.39. The van der Waals surface area contributed by atoms with Gasteiger partial charge in [-0.05, 0) is 48.6 Å². The molecule has 0 bridgehead atoms. The minimum Gasteiger partial charge on any atom is -0.390 e. The molecule has 1 saturated heterocycles. The topological polar surface area (TPSA) is 102 Å². The molecule has 1 aliphatic rings. The van der Waals surface area contributed by atoms with Crippen LogP contribution in [0.15, 0.2) is 42.5 Å². The first kappa shape index (κ1) is 28.2. The van der Waals surface area contributed by atoms with Crippen LogP contribution in [0, 0.1) is 11.6 Å². The van der Waals surface area contributed by atoms with Crippen molar-refractivity contribution < 1.29 is 28.3 Å². The molecule has 200 valence electrons. The molecule has 0 aromatic heterocycles. The Labute approximate surface area is 215 Å². The van der Waals surface area contributed by atoms with Gasteiger partial charge in [-0.15, -0.1) is 0 Å². The molecule has 1 heterocycles. The van der Waals surface area contributed by atoms with Crippen molar-refractivity contribution in [3.05, 3.63) is 70.8 Å². The van der Waals surface area contributed by atoms with E-state index >= 15 is 0 Å². The Morgan fingerprint density at radius 3 is 2.46 bits per heavy atom. The number of aliphatic hydroxyl groups is 1. The van der Waals surface area contributed by atoms with Crippen LogP contribution in [0.3, 0.4) is 0 Å². The van der Waals surface area contributed by atoms with Crippen molar-refractivity contribution in [1.29, 1.82) is 0 Å². The van der Waals surface area contributed by atoms with Crippen molar-refractivity contribution in [3.63, 3.8) is 0 Å². The summed E-state index contributed by atoms with van der Waals surface area (Å²) in [5.74, 6) is -2.77. The van der Waals surface area contributed by atoms with Gasteiger partial charge in [0.05, 0.1) is 12.1 Å². The van der Waals surface area contributed by atoms with E-state index < -0.39 is 35.7 Å². The molecule has 3 amide bonds. The molecule has 3 rings (SSSR count). The van der Waals surface area contributed by atoms with Crippen molar-refractivity contribution in [2.45, 2.75) is 51.4 Å². The number of halogens is 2. The Balaban J connectivity index is 1.67. The molecule has 10 heteroatoms. The summed E-state index contributed by atoms with van der Waals surface area (Å²) in [5.41, 5.74) is 2.48. The second-order valence-corrected chi connectivity index (χ2v) is 9.40. The fourth-order valence-electron chi connectivity index (χ4n) is 4.29. The molecule has 0 saturated carbocycles. The monoisotopic (exact) mass is 516 g/mol. The lowest BCUT2D eigenvalue weighted by Gasteiger charge is -2.36. The Kier molecular flexibility index (Phi) is 9.71. The molecule has 0 spiro atoms. The number of benzene rings is 2. The number of hydrogen-bond donors (Lipinski definition) is 3. The van der Waals surface area contributed by atoms with Crippen molar-refractivity contribution in [1.82, 2.24) is 20.4 Å². The van der Waals surface area contributed by atoms with E-state index in [-0.39, 0.29) is 43.4 Å². The van der Waals surface area contributed by atoms with Gasteiger partial charge >= 0.3 is 0 Å². The van der Waals surface area contributed by atoms with E-state index in [9.17, 15) is 28.3 Å². The van der Waals surface area contributed by atoms with Gasteiger partial charge in [0.1, 0.15) is 30.8 Å². The number of hydrogen-bond acceptors (Lipinski definition) is 5. The average Bonchev–Trinajstić information content (AvgIpc) is 2.85. The van der Waals surface area contributed by atoms with Gasteiger partial charge in [0, 0.05) is 26.2 Å². The minimum absolute atomic E-state index is 0.0411. The molecule has 37 heavy (non-hydrogen) atoms. The second-order valence-electron chi connectivity index (χ2n) is 9.40. The number of amides is 3. The number of piperazine rings is 1. The van der Waals surface area contributed by atoms with Crippen LogP contribution in [0.1, 0.15) is 30.5 Å². The van der Waals surface area contributed by atoms with Crippen molar-refractivity contribution in [3.8, 4) is 0 Å². The van der Waals surface area contributed by atoms with E-state index in [4.69, 9.17) is 0 Å². The number of likely N-dealkylation sites (N-methyl/N-ethyl adjacent to an activating group) is 1. The van der Waals surface area contributed by atoms with Crippen LogP contribution >= 0.6 is 0 Å². The van der Waals surface area contributed by atoms with Crippen LogP contribution in [-0.4, -0.2) is 77.5 Å². The first-order valence-electron chi connectivity index (χ1n) is 12.3. The molecule has 3 N–H and O–H groups in total. The molecule has 0 radical (unpaired) electrons. The predicted molar refractivity (Wildman–Crippen MR) is 134 cm³/mol. The normalized spacial score (nSPS) is 17.6. The van der Waals surface area contributed by atoms with Gasteiger partial charge in [-0.2, -0.15) is 0 Å². The molecule has 2 aromatic carbocycles. The highest BCUT2D eigenvalue weighted by Crippen LogP contribution is 2.14. The zero-order chi connectivity index (χ0) is 27.1. The molecule has 0 unspecified atom stereocenters. The highest BCUT2D eigenvalue weighted by atomic mass is 19.1. The van der Waals surface area contributed by atoms with Gasteiger partial charge in [0.15, 0.2) is 0 Å². The summed E-state index contributed by atoms with van der Waals surface area (Å²) in [7, 11) is 1.53. The number of nitrogens with one attached hydrogen (secondary N) is 2. The molecule has 1 aliphatic heterocycles. The van der Waals surface area contributed by atoms with Gasteiger partial charge < -0.3 is 25.5 Å². The van der Waals surface area contributed by atoms with Gasteiger partial charge in [-0.25, -0.2) is 8.78 Å². The number of aliphatic hydroxyl groups excluding tert-OH is 1. The minimum atomic E-state index is -1.10. The number of rotatable bonds is 11. The Hall–Kier alpha value is -3.37. The third-order valence-electron chi connectivity index (χ3n) is 6.58. The average molecular weight is 517 g/mol. The van der Waals surface area contributed by atoms with Crippen LogP contribution in [0.5, 0.6) is 0 Å². The first-order chi connectivity index (χ1) is 17.6. The van der Waals surface area contributed by atoms with E-state index in [2.05, 4.69) is 23.6 Å². The first-order valence-corrected chi connectivity index (χ1v) is 12.3. The van der Waals surface area contributed by atoms with Crippen LogP contribution in [0.25, 0.3) is 0 Å². The summed E-state index contributed by atoms with van der Waals surface area (Å²) in [5, 5.41) is 16.8. The van der Waals surface area contributed by atoms with E-state index in [1.54, 1.807) is 6.92 Å². The molecule has 1 fully saturated rings. The molecule has 3 atom stereocenters. The molecule has 2 aromatic rings. The zero-order valence-electron chi connectivity index (χ0n) is 21.3. The third kappa shape index (κ3) is 7.80. The lowest BCUT2D eigenvalue weighted by molar-refractivity contribution is -0.154. The summed E-state index contributed by atoms with van der Waals surface area (Å²) in [6, 6.07) is 9.44. The third-order valence-corrected chi connectivity index (χ3v) is 6.58. The zero-order valence-corrected chi connectivity index (χ0v) is 21.3. The van der Waals surface area contributed by atoms with E-state index in [0.717, 1.165) is 35.1 Å². The summed E-state index contributed by atoms with van der Waals surface area (Å²) in [6.07, 6.45) is -0.247. The quantitative estimate of drug-likeness (QED) is 0.419. The van der Waals surface area contributed by atoms with Gasteiger partial charge in [-0.3, -0.25) is 14.4 Å². The standard InChI is InChI=1S/C27H34F2N4O4/c1-4-18-6-5-7-19(8-18)13-30-14-24(34)23(11-20-9-21(28)12-22(29)10-20)31-25(35)15-33-16-26(36)32(3)17(2)27(33)37/h5-10,12,17,23-24,30,34H,4,11,13-16H2,1-3H3,(H,31,35)/t17-,23+,24-/m1/s1.